The van der Waals surface area contributed by atoms with Gasteiger partial charge < -0.3 is 20.1 Å². The number of carbonyl (C=O) groups excluding carboxylic acids is 1. The predicted molar refractivity (Wildman–Crippen MR) is 70.9 cm³/mol. The molecule has 5 heteroatoms. The zero-order valence-corrected chi connectivity index (χ0v) is 11.2. The van der Waals surface area contributed by atoms with Crippen LogP contribution in [0.3, 0.4) is 0 Å². The van der Waals surface area contributed by atoms with Gasteiger partial charge >= 0.3 is 6.03 Å². The molecule has 18 heavy (non-hydrogen) atoms. The molecule has 0 aromatic heterocycles. The third-order valence-corrected chi connectivity index (χ3v) is 2.29. The number of anilines is 1. The molecule has 2 amide bonds. The second kappa shape index (κ2) is 5.73. The summed E-state index contributed by atoms with van der Waals surface area (Å²) in [5.41, 5.74) is -0.262. The molecule has 0 radical (unpaired) electrons. The van der Waals surface area contributed by atoms with E-state index in [1.165, 1.54) is 4.90 Å². The Kier molecular flexibility index (Phi) is 4.55. The van der Waals surface area contributed by atoms with Gasteiger partial charge in [-0.1, -0.05) is 6.07 Å². The van der Waals surface area contributed by atoms with E-state index in [1.807, 2.05) is 0 Å². The first-order valence-electron chi connectivity index (χ1n) is 5.70. The van der Waals surface area contributed by atoms with Crippen molar-refractivity contribution in [2.45, 2.75) is 19.4 Å². The highest BCUT2D eigenvalue weighted by Gasteiger charge is 2.19. The smallest absolute Gasteiger partial charge is 0.321 e. The van der Waals surface area contributed by atoms with Crippen molar-refractivity contribution in [3.63, 3.8) is 0 Å². The zero-order chi connectivity index (χ0) is 13.8. The number of urea groups is 1. The Balaban J connectivity index is 2.63. The van der Waals surface area contributed by atoms with Gasteiger partial charge in [0.15, 0.2) is 0 Å². The van der Waals surface area contributed by atoms with Gasteiger partial charge in [0, 0.05) is 18.8 Å². The van der Waals surface area contributed by atoms with Gasteiger partial charge in [-0.05, 0) is 26.0 Å². The topological polar surface area (TPSA) is 61.8 Å². The lowest BCUT2D eigenvalue weighted by Crippen LogP contribution is -2.41. The van der Waals surface area contributed by atoms with Gasteiger partial charge in [-0.25, -0.2) is 4.79 Å². The molecule has 0 saturated carbocycles. The van der Waals surface area contributed by atoms with Gasteiger partial charge in [0.05, 0.1) is 19.3 Å². The van der Waals surface area contributed by atoms with Crippen molar-refractivity contribution in [1.82, 2.24) is 4.90 Å². The number of ether oxygens (including phenoxy) is 1. The Morgan fingerprint density at radius 3 is 2.72 bits per heavy atom. The van der Waals surface area contributed by atoms with Crippen LogP contribution in [0.2, 0.25) is 0 Å². The molecule has 0 heterocycles. The van der Waals surface area contributed by atoms with Crippen molar-refractivity contribution >= 4 is 11.7 Å². The van der Waals surface area contributed by atoms with Crippen molar-refractivity contribution in [2.24, 2.45) is 0 Å². The second-order valence-electron chi connectivity index (χ2n) is 4.83. The third-order valence-electron chi connectivity index (χ3n) is 2.29. The number of likely N-dealkylation sites (N-methyl/N-ethyl adjacent to an activating group) is 1. The maximum absolute atomic E-state index is 11.9. The molecular weight excluding hydrogens is 232 g/mol. The van der Waals surface area contributed by atoms with Gasteiger partial charge in [0.25, 0.3) is 0 Å². The molecule has 5 nitrogen and oxygen atoms in total. The maximum atomic E-state index is 11.9. The average molecular weight is 252 g/mol. The van der Waals surface area contributed by atoms with Crippen LogP contribution in [0.25, 0.3) is 0 Å². The van der Waals surface area contributed by atoms with Crippen molar-refractivity contribution in [2.75, 3.05) is 26.0 Å². The molecule has 0 fully saturated rings. The fourth-order valence-electron chi connectivity index (χ4n) is 1.57. The minimum atomic E-state index is -0.916. The molecule has 0 spiro atoms. The Bertz CT molecular complexity index is 413. The Hall–Kier alpha value is -1.75. The summed E-state index contributed by atoms with van der Waals surface area (Å²) in [7, 11) is 3.20. The standard InChI is InChI=1S/C13H20N2O3/c1-13(2,17)9-15(3)12(16)14-10-6-5-7-11(8-10)18-4/h5-8,17H,9H2,1-4H3,(H,14,16). The van der Waals surface area contributed by atoms with Crippen LogP contribution in [-0.2, 0) is 0 Å². The van der Waals surface area contributed by atoms with Crippen LogP contribution in [0, 0.1) is 0 Å². The molecule has 0 aliphatic carbocycles. The molecule has 100 valence electrons. The average Bonchev–Trinajstić information content (AvgIpc) is 2.27. The lowest BCUT2D eigenvalue weighted by molar-refractivity contribution is 0.0550. The highest BCUT2D eigenvalue weighted by atomic mass is 16.5. The summed E-state index contributed by atoms with van der Waals surface area (Å²) in [6.07, 6.45) is 0. The Labute approximate surface area is 107 Å². The quantitative estimate of drug-likeness (QED) is 0.860. The normalized spacial score (nSPS) is 10.9. The summed E-state index contributed by atoms with van der Waals surface area (Å²) in [5, 5.41) is 12.4. The summed E-state index contributed by atoms with van der Waals surface area (Å²) in [6, 6.07) is 6.83. The zero-order valence-electron chi connectivity index (χ0n) is 11.2. The number of nitrogens with one attached hydrogen (secondary N) is 1. The first-order chi connectivity index (χ1) is 8.31. The van der Waals surface area contributed by atoms with Crippen molar-refractivity contribution in [3.05, 3.63) is 24.3 Å². The number of carbonyl (C=O) groups is 1. The maximum Gasteiger partial charge on any atom is 0.321 e. The van der Waals surface area contributed by atoms with Crippen molar-refractivity contribution in [3.8, 4) is 5.75 Å². The summed E-state index contributed by atoms with van der Waals surface area (Å²) < 4.78 is 5.07. The highest BCUT2D eigenvalue weighted by Crippen LogP contribution is 2.17. The van der Waals surface area contributed by atoms with E-state index in [4.69, 9.17) is 4.74 Å². The summed E-state index contributed by atoms with van der Waals surface area (Å²) in [5.74, 6) is 0.679. The molecule has 0 unspecified atom stereocenters. The fraction of sp³-hybridized carbons (Fsp3) is 0.462. The first kappa shape index (κ1) is 14.3. The van der Waals surface area contributed by atoms with E-state index in [-0.39, 0.29) is 12.6 Å². The number of benzene rings is 1. The predicted octanol–water partition coefficient (Wildman–Crippen LogP) is 1.93. The molecular formula is C13H20N2O3. The molecule has 2 N–H and O–H groups in total. The minimum Gasteiger partial charge on any atom is -0.497 e. The van der Waals surface area contributed by atoms with E-state index in [1.54, 1.807) is 52.3 Å². The van der Waals surface area contributed by atoms with Gasteiger partial charge in [-0.3, -0.25) is 0 Å². The second-order valence-corrected chi connectivity index (χ2v) is 4.83. The van der Waals surface area contributed by atoms with Crippen LogP contribution in [0.5, 0.6) is 5.75 Å². The lowest BCUT2D eigenvalue weighted by atomic mass is 10.1. The molecule has 1 aromatic carbocycles. The largest absolute Gasteiger partial charge is 0.497 e. The number of hydrogen-bond acceptors (Lipinski definition) is 3. The SMILES string of the molecule is COc1cccc(NC(=O)N(C)CC(C)(C)O)c1. The molecule has 1 rings (SSSR count). The molecule has 0 atom stereocenters. The fourth-order valence-corrected chi connectivity index (χ4v) is 1.57. The van der Waals surface area contributed by atoms with Gasteiger partial charge in [-0.15, -0.1) is 0 Å². The van der Waals surface area contributed by atoms with Gasteiger partial charge in [0.1, 0.15) is 5.75 Å². The van der Waals surface area contributed by atoms with Crippen LogP contribution in [0.4, 0.5) is 10.5 Å². The van der Waals surface area contributed by atoms with Crippen LogP contribution < -0.4 is 10.1 Å². The van der Waals surface area contributed by atoms with E-state index in [0.29, 0.717) is 11.4 Å². The number of nitrogens with zero attached hydrogens (tertiary/aromatic N) is 1. The van der Waals surface area contributed by atoms with E-state index < -0.39 is 5.60 Å². The van der Waals surface area contributed by atoms with Gasteiger partial charge in [0.2, 0.25) is 0 Å². The Morgan fingerprint density at radius 1 is 1.50 bits per heavy atom. The van der Waals surface area contributed by atoms with Crippen LogP contribution >= 0.6 is 0 Å². The molecule has 0 aliphatic rings. The number of hydrogen-bond donors (Lipinski definition) is 2. The summed E-state index contributed by atoms with van der Waals surface area (Å²) >= 11 is 0. The van der Waals surface area contributed by atoms with E-state index >= 15 is 0 Å². The van der Waals surface area contributed by atoms with E-state index in [0.717, 1.165) is 0 Å². The summed E-state index contributed by atoms with van der Waals surface area (Å²) in [6.45, 7) is 3.56. The number of aliphatic hydroxyl groups is 1. The third kappa shape index (κ3) is 4.63. The monoisotopic (exact) mass is 252 g/mol. The number of amides is 2. The summed E-state index contributed by atoms with van der Waals surface area (Å²) in [4.78, 5) is 13.3. The van der Waals surface area contributed by atoms with Gasteiger partial charge in [-0.2, -0.15) is 0 Å². The van der Waals surface area contributed by atoms with Crippen LogP contribution in [0.15, 0.2) is 24.3 Å². The lowest BCUT2D eigenvalue weighted by Gasteiger charge is -2.25. The molecule has 1 aromatic rings. The molecule has 0 bridgehead atoms. The van der Waals surface area contributed by atoms with Crippen LogP contribution in [-0.4, -0.2) is 42.3 Å². The number of rotatable bonds is 4. The minimum absolute atomic E-state index is 0.253. The van der Waals surface area contributed by atoms with Crippen molar-refractivity contribution < 1.29 is 14.6 Å². The first-order valence-corrected chi connectivity index (χ1v) is 5.70. The Morgan fingerprint density at radius 2 is 2.17 bits per heavy atom. The molecule has 0 aliphatic heterocycles. The number of methoxy groups -OCH3 is 1. The van der Waals surface area contributed by atoms with Crippen LogP contribution in [0.1, 0.15) is 13.8 Å². The van der Waals surface area contributed by atoms with E-state index in [9.17, 15) is 9.90 Å². The van der Waals surface area contributed by atoms with E-state index in [2.05, 4.69) is 5.32 Å². The van der Waals surface area contributed by atoms with Crippen molar-refractivity contribution in [1.29, 1.82) is 0 Å². The highest BCUT2D eigenvalue weighted by molar-refractivity contribution is 5.89. The molecule has 0 saturated heterocycles.